The van der Waals surface area contributed by atoms with E-state index in [1.807, 2.05) is 11.8 Å². The van der Waals surface area contributed by atoms with E-state index in [9.17, 15) is 4.79 Å². The monoisotopic (exact) mass is 175 g/mol. The highest BCUT2D eigenvalue weighted by atomic mass is 32.2. The first-order chi connectivity index (χ1) is 5.29. The van der Waals surface area contributed by atoms with Crippen LogP contribution in [0.1, 0.15) is 19.3 Å². The molecule has 1 saturated heterocycles. The number of carbonyl (C=O) groups is 1. The summed E-state index contributed by atoms with van der Waals surface area (Å²) in [6, 6.07) is 0. The molecule has 1 aliphatic heterocycles. The van der Waals surface area contributed by atoms with Crippen LogP contribution in [0.4, 0.5) is 0 Å². The van der Waals surface area contributed by atoms with Crippen molar-refractivity contribution < 1.29 is 9.90 Å². The molecule has 4 heteroatoms. The van der Waals surface area contributed by atoms with Gasteiger partial charge in [0.25, 0.3) is 0 Å². The molecule has 1 fully saturated rings. The molecule has 0 aromatic heterocycles. The topological polar surface area (TPSA) is 49.3 Å². The van der Waals surface area contributed by atoms with Crippen LogP contribution in [-0.4, -0.2) is 28.7 Å². The van der Waals surface area contributed by atoms with Crippen LogP contribution in [-0.2, 0) is 4.79 Å². The average Bonchev–Trinajstić information content (AvgIpc) is 2.03. The van der Waals surface area contributed by atoms with Crippen LogP contribution in [0, 0.1) is 0 Å². The van der Waals surface area contributed by atoms with Crippen molar-refractivity contribution in [2.45, 2.75) is 24.6 Å². The lowest BCUT2D eigenvalue weighted by Crippen LogP contribution is -2.32. The molecule has 1 atom stereocenters. The van der Waals surface area contributed by atoms with E-state index >= 15 is 0 Å². The van der Waals surface area contributed by atoms with Crippen LogP contribution >= 0.6 is 11.8 Å². The minimum Gasteiger partial charge on any atom is -0.480 e. The van der Waals surface area contributed by atoms with Gasteiger partial charge in [0.2, 0.25) is 0 Å². The van der Waals surface area contributed by atoms with Crippen molar-refractivity contribution in [3.05, 3.63) is 0 Å². The summed E-state index contributed by atoms with van der Waals surface area (Å²) in [6.45, 7) is 0.0949. The normalized spacial score (nSPS) is 24.9. The molecule has 1 heterocycles. The van der Waals surface area contributed by atoms with Gasteiger partial charge in [-0.2, -0.15) is 0 Å². The number of rotatable bonds is 3. The molecule has 0 radical (unpaired) electrons. The van der Waals surface area contributed by atoms with E-state index in [4.69, 9.17) is 5.11 Å². The highest BCUT2D eigenvalue weighted by molar-refractivity contribution is 7.99. The smallest absolute Gasteiger partial charge is 0.317 e. The minimum atomic E-state index is -0.767. The number of hydrogen-bond donors (Lipinski definition) is 2. The second-order valence-corrected chi connectivity index (χ2v) is 3.94. The molecule has 0 bridgehead atoms. The van der Waals surface area contributed by atoms with Gasteiger partial charge in [-0.3, -0.25) is 10.1 Å². The summed E-state index contributed by atoms with van der Waals surface area (Å²) in [7, 11) is 0. The van der Waals surface area contributed by atoms with Crippen molar-refractivity contribution in [2.75, 3.05) is 12.3 Å². The van der Waals surface area contributed by atoms with Crippen molar-refractivity contribution in [3.8, 4) is 0 Å². The van der Waals surface area contributed by atoms with E-state index in [0.717, 1.165) is 12.2 Å². The van der Waals surface area contributed by atoms with E-state index < -0.39 is 5.97 Å². The average molecular weight is 175 g/mol. The molecule has 0 aromatic carbocycles. The van der Waals surface area contributed by atoms with Gasteiger partial charge in [-0.25, -0.2) is 0 Å². The Bertz CT molecular complexity index is 134. The first-order valence-corrected chi connectivity index (χ1v) is 4.90. The number of hydrogen-bond acceptors (Lipinski definition) is 3. The number of aliphatic carboxylic acids is 1. The molecule has 0 aromatic rings. The van der Waals surface area contributed by atoms with Gasteiger partial charge in [0.05, 0.1) is 11.9 Å². The van der Waals surface area contributed by atoms with Crippen LogP contribution < -0.4 is 5.32 Å². The van der Waals surface area contributed by atoms with Crippen LogP contribution in [0.3, 0.4) is 0 Å². The molecule has 0 spiro atoms. The summed E-state index contributed by atoms with van der Waals surface area (Å²) in [4.78, 5) is 10.2. The van der Waals surface area contributed by atoms with Gasteiger partial charge >= 0.3 is 5.97 Å². The Labute approximate surface area is 70.6 Å². The number of nitrogens with one attached hydrogen (secondary N) is 1. The standard InChI is InChI=1S/C7H13NO2S/c9-7(10)5-8-6-3-1-2-4-11-6/h6,8H,1-5H2,(H,9,10). The Hall–Kier alpha value is -0.220. The SMILES string of the molecule is O=C(O)CNC1CCCCS1. The van der Waals surface area contributed by atoms with Gasteiger partial charge < -0.3 is 5.11 Å². The van der Waals surface area contributed by atoms with Gasteiger partial charge in [0, 0.05) is 0 Å². The summed E-state index contributed by atoms with van der Waals surface area (Å²) < 4.78 is 0. The fourth-order valence-corrected chi connectivity index (χ4v) is 2.29. The molecule has 0 amide bonds. The third-order valence-electron chi connectivity index (χ3n) is 1.66. The molecule has 0 aliphatic carbocycles. The quantitative estimate of drug-likeness (QED) is 0.669. The fourth-order valence-electron chi connectivity index (χ4n) is 1.10. The molecule has 3 nitrogen and oxygen atoms in total. The number of carboxylic acid groups (broad SMARTS) is 1. The summed E-state index contributed by atoms with van der Waals surface area (Å²) in [5, 5.41) is 11.7. The Morgan fingerprint density at radius 3 is 3.00 bits per heavy atom. The number of carboxylic acids is 1. The zero-order valence-corrected chi connectivity index (χ0v) is 7.19. The Morgan fingerprint density at radius 2 is 2.45 bits per heavy atom. The highest BCUT2D eigenvalue weighted by Crippen LogP contribution is 2.22. The molecule has 1 rings (SSSR count). The van der Waals surface area contributed by atoms with Crippen molar-refractivity contribution in [2.24, 2.45) is 0 Å². The lowest BCUT2D eigenvalue weighted by molar-refractivity contribution is -0.136. The molecule has 11 heavy (non-hydrogen) atoms. The van der Waals surface area contributed by atoms with Gasteiger partial charge in [-0.1, -0.05) is 6.42 Å². The molecule has 1 unspecified atom stereocenters. The third-order valence-corrected chi connectivity index (χ3v) is 2.99. The maximum atomic E-state index is 10.2. The minimum absolute atomic E-state index is 0.0949. The summed E-state index contributed by atoms with van der Waals surface area (Å²) >= 11 is 1.83. The third kappa shape index (κ3) is 3.62. The second-order valence-electron chi connectivity index (χ2n) is 2.63. The van der Waals surface area contributed by atoms with E-state index in [1.165, 1.54) is 12.8 Å². The first-order valence-electron chi connectivity index (χ1n) is 3.86. The van der Waals surface area contributed by atoms with Crippen molar-refractivity contribution >= 4 is 17.7 Å². The maximum absolute atomic E-state index is 10.2. The van der Waals surface area contributed by atoms with E-state index in [2.05, 4.69) is 5.32 Å². The van der Waals surface area contributed by atoms with Crippen molar-refractivity contribution in [1.82, 2.24) is 5.32 Å². The predicted octanol–water partition coefficient (Wildman–Crippen LogP) is 0.904. The molecule has 2 N–H and O–H groups in total. The Morgan fingerprint density at radius 1 is 1.64 bits per heavy atom. The lowest BCUT2D eigenvalue weighted by Gasteiger charge is -2.21. The van der Waals surface area contributed by atoms with E-state index in [1.54, 1.807) is 0 Å². The second kappa shape index (κ2) is 4.62. The molecule has 0 saturated carbocycles. The molecular weight excluding hydrogens is 162 g/mol. The number of thioether (sulfide) groups is 1. The largest absolute Gasteiger partial charge is 0.480 e. The van der Waals surface area contributed by atoms with Crippen molar-refractivity contribution in [3.63, 3.8) is 0 Å². The van der Waals surface area contributed by atoms with Gasteiger partial charge in [0.15, 0.2) is 0 Å². The maximum Gasteiger partial charge on any atom is 0.317 e. The fraction of sp³-hybridized carbons (Fsp3) is 0.857. The Balaban J connectivity index is 2.09. The molecular formula is C7H13NO2S. The molecule has 1 aliphatic rings. The summed E-state index contributed by atoms with van der Waals surface area (Å²) in [5.41, 5.74) is 0. The van der Waals surface area contributed by atoms with E-state index in [0.29, 0.717) is 5.37 Å². The van der Waals surface area contributed by atoms with Crippen LogP contribution in [0.2, 0.25) is 0 Å². The van der Waals surface area contributed by atoms with Crippen LogP contribution in [0.15, 0.2) is 0 Å². The Kier molecular flexibility index (Phi) is 3.72. The van der Waals surface area contributed by atoms with Crippen LogP contribution in [0.5, 0.6) is 0 Å². The van der Waals surface area contributed by atoms with Gasteiger partial charge in [-0.15, -0.1) is 11.8 Å². The molecule has 64 valence electrons. The predicted molar refractivity (Wildman–Crippen MR) is 45.7 cm³/mol. The van der Waals surface area contributed by atoms with Gasteiger partial charge in [0.1, 0.15) is 0 Å². The zero-order chi connectivity index (χ0) is 8.10. The summed E-state index contributed by atoms with van der Waals surface area (Å²) in [6.07, 6.45) is 3.61. The van der Waals surface area contributed by atoms with Crippen LogP contribution in [0.25, 0.3) is 0 Å². The van der Waals surface area contributed by atoms with Gasteiger partial charge in [-0.05, 0) is 18.6 Å². The summed E-state index contributed by atoms with van der Waals surface area (Å²) in [5.74, 6) is 0.397. The van der Waals surface area contributed by atoms with E-state index in [-0.39, 0.29) is 6.54 Å². The zero-order valence-electron chi connectivity index (χ0n) is 6.38. The first kappa shape index (κ1) is 8.87. The highest BCUT2D eigenvalue weighted by Gasteiger charge is 2.13. The van der Waals surface area contributed by atoms with Crippen molar-refractivity contribution in [1.29, 1.82) is 0 Å². The lowest BCUT2D eigenvalue weighted by atomic mass is 10.2.